The van der Waals surface area contributed by atoms with Gasteiger partial charge in [-0.3, -0.25) is 0 Å². The van der Waals surface area contributed by atoms with Crippen LogP contribution in [-0.2, 0) is 0 Å². The fourth-order valence-electron chi connectivity index (χ4n) is 12.1. The average Bonchev–Trinajstić information content (AvgIpc) is 0.860. The van der Waals surface area contributed by atoms with Crippen molar-refractivity contribution in [2.45, 2.75) is 279 Å². The number of benzene rings is 12. The van der Waals surface area contributed by atoms with Crippen molar-refractivity contribution in [1.29, 1.82) is 0 Å². The highest BCUT2D eigenvalue weighted by atomic mass is 35.5. The number of hydrogen-bond donors (Lipinski definition) is 0. The molecule has 0 saturated heterocycles. The number of aryl methyl sites for hydroxylation is 6. The van der Waals surface area contributed by atoms with Crippen LogP contribution in [0, 0.1) is 70.6 Å². The third kappa shape index (κ3) is 46.8. The molecule has 0 N–H and O–H groups in total. The maximum Gasteiger partial charge on any atom is 0.129 e. The van der Waals surface area contributed by atoms with Gasteiger partial charge in [-0.25, -0.2) is 22.0 Å². The highest BCUT2D eigenvalue weighted by Crippen LogP contribution is 2.29. The van der Waals surface area contributed by atoms with Gasteiger partial charge in [0.15, 0.2) is 0 Å². The Morgan fingerprint density at radius 1 is 0.187 bits per heavy atom. The lowest BCUT2D eigenvalue weighted by atomic mass is 9.97. The minimum atomic E-state index is -0.163. The largest absolute Gasteiger partial charge is 0.207 e. The number of hydrogen-bond acceptors (Lipinski definition) is 0. The topological polar surface area (TPSA) is 0 Å². The summed E-state index contributed by atoms with van der Waals surface area (Å²) in [7, 11) is 0. The summed E-state index contributed by atoms with van der Waals surface area (Å²) < 4.78 is 64.0. The van der Waals surface area contributed by atoms with E-state index < -0.39 is 0 Å². The molecule has 0 fully saturated rings. The van der Waals surface area contributed by atoms with E-state index in [2.05, 4.69) is 255 Å². The van der Waals surface area contributed by atoms with Crippen LogP contribution in [-0.4, -0.2) is 0 Å². The van der Waals surface area contributed by atoms with Crippen molar-refractivity contribution in [1.82, 2.24) is 0 Å². The minimum absolute atomic E-state index is 0.0532. The predicted molar refractivity (Wildman–Crippen MR) is 535 cm³/mol. The number of rotatable bonds is 12. The Hall–Kier alpha value is -8.55. The maximum absolute atomic E-state index is 13.3. The Labute approximate surface area is 763 Å². The van der Waals surface area contributed by atoms with Crippen molar-refractivity contribution < 1.29 is 22.0 Å². The first-order valence-electron chi connectivity index (χ1n) is 43.7. The lowest BCUT2D eigenvalue weighted by molar-refractivity contribution is 0.589. The SMILES string of the molecule is CC(C)c1ccc(Cl)c(Cl)c1.CC(C)c1ccc(F)cc1.CC(C)c1cccc(Cl)c1.CC(C)c1cccc(F)c1.CC(C)c1ccccc1.CC(C)c1ccccc1Cl.CC(C)c1ccccc1F.Cc1ccc(C(C)C)c(C)c1.Cc1ccc(F)c(C(C)C)c1.Cc1cccc(C(C)C)c1.Cc1cccc(C(C)C)c1F.Cc1ccccc1C(C)C. The van der Waals surface area contributed by atoms with Gasteiger partial charge in [-0.1, -0.05) is 436 Å². The summed E-state index contributed by atoms with van der Waals surface area (Å²) in [6, 6.07) is 87.1. The van der Waals surface area contributed by atoms with Gasteiger partial charge in [0.1, 0.15) is 29.1 Å². The molecule has 0 unspecified atom stereocenters. The summed E-state index contributed by atoms with van der Waals surface area (Å²) in [5, 5.41) is 2.96. The standard InChI is InChI=1S/C11H16.2C10H13F.2C10H14.C9H10Cl2.2C9H11Cl.3C9H11F.C9H12/c1-8(2)11-6-5-9(3)7-10(11)4;1-7(2)9-6-8(3)4-5-10(9)11;1-7(2)9-6-4-5-8(3)10(9)11;1-8(2)10-6-4-5-9(3)7-10;1-8(2)10-7-5-4-6-9(10)3;1-6(2)7-3-4-8(10)9(11)5-7;1-7(2)8-4-3-5-9(10)6-8;1-7(2)8-5-3-4-6-9(8)10;1-7(2)8-3-5-9(10)6-4-8;1-7(2)8-4-3-5-9(10)6-8;1-7(2)8-5-3-4-6-9(8)10;1-8(2)9-6-4-3-5-7-9/h5-8H,1-4H3;2*4-7H,1-3H3;2*4-8H,1-3H3;3-6H,1-2H3;5*3-7H,1-2H3;3-8H,1-2H3. The molecule has 0 radical (unpaired) electrons. The smallest absolute Gasteiger partial charge is 0.129 e. The van der Waals surface area contributed by atoms with Crippen molar-refractivity contribution in [3.63, 3.8) is 0 Å². The highest BCUT2D eigenvalue weighted by molar-refractivity contribution is 6.42. The van der Waals surface area contributed by atoms with Crippen molar-refractivity contribution in [3.05, 3.63) is 422 Å². The molecule has 0 spiro atoms. The van der Waals surface area contributed by atoms with Crippen LogP contribution in [0.1, 0.15) is 337 Å². The van der Waals surface area contributed by atoms with Crippen LogP contribution < -0.4 is 0 Å². The lowest BCUT2D eigenvalue weighted by Crippen LogP contribution is -1.94. The van der Waals surface area contributed by atoms with E-state index in [0.717, 1.165) is 43.4 Å². The normalized spacial score (nSPS) is 10.5. The molecule has 12 aromatic carbocycles. The first-order chi connectivity index (χ1) is 57.7. The summed E-state index contributed by atoms with van der Waals surface area (Å²) >= 11 is 23.3. The zero-order chi connectivity index (χ0) is 93.3. The Kier molecular flexibility index (Phi) is 55.7. The zero-order valence-electron chi connectivity index (χ0n) is 79.8. The molecule has 0 bridgehead atoms. The van der Waals surface area contributed by atoms with Crippen molar-refractivity contribution >= 4 is 46.4 Å². The summed E-state index contributed by atoms with van der Waals surface area (Å²) in [4.78, 5) is 0. The molecule has 0 aliphatic heterocycles. The van der Waals surface area contributed by atoms with Gasteiger partial charge in [0.25, 0.3) is 0 Å². The van der Waals surface area contributed by atoms with Crippen LogP contribution in [0.2, 0.25) is 20.1 Å². The molecule has 0 amide bonds. The molecule has 0 aliphatic rings. The van der Waals surface area contributed by atoms with Gasteiger partial charge >= 0.3 is 0 Å². The molecule has 0 aromatic heterocycles. The number of halogens is 9. The Bertz CT molecular complexity index is 4610. The van der Waals surface area contributed by atoms with E-state index in [4.69, 9.17) is 46.4 Å². The summed E-state index contributed by atoms with van der Waals surface area (Å²) in [6.45, 7) is 63.2. The van der Waals surface area contributed by atoms with Crippen molar-refractivity contribution in [2.24, 2.45) is 0 Å². The Morgan fingerprint density at radius 2 is 0.545 bits per heavy atom. The molecule has 0 aliphatic carbocycles. The minimum Gasteiger partial charge on any atom is -0.207 e. The van der Waals surface area contributed by atoms with Gasteiger partial charge in [0.2, 0.25) is 0 Å². The van der Waals surface area contributed by atoms with E-state index in [1.165, 1.54) is 97.1 Å². The second-order valence-electron chi connectivity index (χ2n) is 34.8. The fraction of sp³-hybridized carbons (Fsp3) is 0.368. The molecule has 123 heavy (non-hydrogen) atoms. The van der Waals surface area contributed by atoms with E-state index in [0.29, 0.717) is 63.3 Å². The van der Waals surface area contributed by atoms with Gasteiger partial charge in [-0.15, -0.1) is 0 Å². The predicted octanol–water partition coefficient (Wildman–Crippen LogP) is 38.9. The van der Waals surface area contributed by atoms with Crippen molar-refractivity contribution in [3.8, 4) is 0 Å². The monoisotopic (exact) mass is 1750 g/mol. The molecule has 0 saturated carbocycles. The summed E-state index contributed by atoms with van der Waals surface area (Å²) in [6.07, 6.45) is 0. The van der Waals surface area contributed by atoms with Crippen LogP contribution in [0.25, 0.3) is 0 Å². The lowest BCUT2D eigenvalue weighted by Gasteiger charge is -2.09. The van der Waals surface area contributed by atoms with Crippen LogP contribution in [0.4, 0.5) is 22.0 Å². The molecule has 0 nitrogen and oxygen atoms in total. The molecular weight excluding hydrogens is 1610 g/mol. The highest BCUT2D eigenvalue weighted by Gasteiger charge is 2.11. The molecule has 0 atom stereocenters. The fourth-order valence-corrected chi connectivity index (χ4v) is 13.0. The molecular formula is C114H147Cl4F5. The summed E-state index contributed by atoms with van der Waals surface area (Å²) in [5.74, 6) is 5.38. The first-order valence-corrected chi connectivity index (χ1v) is 45.2. The second kappa shape index (κ2) is 60.9. The molecule has 666 valence electrons. The van der Waals surface area contributed by atoms with Crippen LogP contribution in [0.3, 0.4) is 0 Å². The Balaban J connectivity index is 0.000000671. The third-order valence-electron chi connectivity index (χ3n) is 19.9. The van der Waals surface area contributed by atoms with Crippen LogP contribution in [0.5, 0.6) is 0 Å². The van der Waals surface area contributed by atoms with Gasteiger partial charge < -0.3 is 0 Å². The van der Waals surface area contributed by atoms with Gasteiger partial charge in [0, 0.05) is 10.0 Å². The quantitative estimate of drug-likeness (QED) is 0.107. The summed E-state index contributed by atoms with van der Waals surface area (Å²) in [5.41, 5.74) is 21.5. The Morgan fingerprint density at radius 3 is 0.927 bits per heavy atom. The van der Waals surface area contributed by atoms with Crippen LogP contribution in [0.15, 0.2) is 273 Å². The van der Waals surface area contributed by atoms with E-state index in [9.17, 15) is 22.0 Å². The van der Waals surface area contributed by atoms with Gasteiger partial charge in [-0.05, 0) is 263 Å². The van der Waals surface area contributed by atoms with Gasteiger partial charge in [-0.2, -0.15) is 0 Å². The maximum atomic E-state index is 13.3. The second-order valence-corrected chi connectivity index (χ2v) is 36.4. The van der Waals surface area contributed by atoms with Gasteiger partial charge in [0.05, 0.1) is 10.0 Å². The van der Waals surface area contributed by atoms with E-state index in [1.807, 2.05) is 158 Å². The molecule has 9 heteroatoms. The third-order valence-corrected chi connectivity index (χ3v) is 21.2. The van der Waals surface area contributed by atoms with Crippen molar-refractivity contribution in [2.75, 3.05) is 0 Å². The van der Waals surface area contributed by atoms with E-state index in [1.54, 1.807) is 37.3 Å². The first kappa shape index (κ1) is 112. The van der Waals surface area contributed by atoms with Crippen LogP contribution >= 0.6 is 46.4 Å². The van der Waals surface area contributed by atoms with E-state index in [-0.39, 0.29) is 46.8 Å². The average molecular weight is 1750 g/mol. The zero-order valence-corrected chi connectivity index (χ0v) is 82.8. The molecule has 12 aromatic rings. The molecule has 0 heterocycles. The molecule has 12 rings (SSSR count). The van der Waals surface area contributed by atoms with E-state index >= 15 is 0 Å².